The van der Waals surface area contributed by atoms with Gasteiger partial charge in [-0.25, -0.2) is 9.97 Å². The molecule has 0 bridgehead atoms. The molecule has 5 heterocycles. The predicted molar refractivity (Wildman–Crippen MR) is 151 cm³/mol. The van der Waals surface area contributed by atoms with Crippen LogP contribution in [0, 0.1) is 0 Å². The molecule has 0 spiro atoms. The van der Waals surface area contributed by atoms with Crippen molar-refractivity contribution in [2.24, 2.45) is 0 Å². The van der Waals surface area contributed by atoms with Crippen LogP contribution in [0.4, 0.5) is 5.82 Å². The molecule has 38 heavy (non-hydrogen) atoms. The minimum atomic E-state index is 0.172. The van der Waals surface area contributed by atoms with Crippen molar-refractivity contribution in [2.45, 2.75) is 25.4 Å². The SMILES string of the molecule is O=C(CN1CCN(Cc2cc3nc(-c4cccc5[nH]ccc45)nc(N4CCOCC4)c3s2)CC1)NC1CC1. The second-order valence-corrected chi connectivity index (χ2v) is 11.7. The zero-order valence-corrected chi connectivity index (χ0v) is 22.3. The predicted octanol–water partition coefficient (Wildman–Crippen LogP) is 3.07. The molecule has 1 aromatic carbocycles. The summed E-state index contributed by atoms with van der Waals surface area (Å²) in [6.45, 7) is 8.30. The Balaban J connectivity index is 1.13. The van der Waals surface area contributed by atoms with Gasteiger partial charge in [-0.3, -0.25) is 14.6 Å². The van der Waals surface area contributed by atoms with E-state index in [0.717, 1.165) is 110 Å². The highest BCUT2D eigenvalue weighted by molar-refractivity contribution is 7.19. The van der Waals surface area contributed by atoms with E-state index in [1.807, 2.05) is 17.5 Å². The number of piperazine rings is 1. The first-order valence-electron chi connectivity index (χ1n) is 13.6. The van der Waals surface area contributed by atoms with Gasteiger partial charge in [-0.1, -0.05) is 12.1 Å². The number of benzene rings is 1. The normalized spacial score (nSPS) is 19.4. The van der Waals surface area contributed by atoms with E-state index in [-0.39, 0.29) is 5.91 Å². The largest absolute Gasteiger partial charge is 0.378 e. The van der Waals surface area contributed by atoms with E-state index in [4.69, 9.17) is 14.7 Å². The zero-order chi connectivity index (χ0) is 25.5. The number of anilines is 1. The first-order valence-corrected chi connectivity index (χ1v) is 14.4. The third kappa shape index (κ3) is 5.01. The second kappa shape index (κ2) is 10.3. The van der Waals surface area contributed by atoms with Crippen LogP contribution in [0.2, 0.25) is 0 Å². The van der Waals surface area contributed by atoms with Gasteiger partial charge in [0.2, 0.25) is 5.91 Å². The van der Waals surface area contributed by atoms with E-state index in [0.29, 0.717) is 12.6 Å². The molecule has 4 aromatic rings. The lowest BCUT2D eigenvalue weighted by Gasteiger charge is -2.34. The number of hydrogen-bond acceptors (Lipinski definition) is 8. The summed E-state index contributed by atoms with van der Waals surface area (Å²) in [5.41, 5.74) is 3.16. The van der Waals surface area contributed by atoms with Gasteiger partial charge in [0.25, 0.3) is 0 Å². The van der Waals surface area contributed by atoms with Crippen LogP contribution in [0.25, 0.3) is 32.5 Å². The first kappa shape index (κ1) is 24.0. The van der Waals surface area contributed by atoms with Gasteiger partial charge in [-0.15, -0.1) is 11.3 Å². The maximum absolute atomic E-state index is 12.2. The number of morpholine rings is 1. The van der Waals surface area contributed by atoms with E-state index in [1.54, 1.807) is 0 Å². The Morgan fingerprint density at radius 2 is 1.87 bits per heavy atom. The summed E-state index contributed by atoms with van der Waals surface area (Å²) in [6.07, 6.45) is 4.24. The number of nitrogens with zero attached hydrogens (tertiary/aromatic N) is 5. The lowest BCUT2D eigenvalue weighted by atomic mass is 10.1. The van der Waals surface area contributed by atoms with Crippen molar-refractivity contribution < 1.29 is 9.53 Å². The summed E-state index contributed by atoms with van der Waals surface area (Å²) >= 11 is 1.81. The van der Waals surface area contributed by atoms with E-state index in [9.17, 15) is 4.79 Å². The molecule has 0 radical (unpaired) electrons. The average Bonchev–Trinajstić information content (AvgIpc) is 3.44. The van der Waals surface area contributed by atoms with Crippen molar-refractivity contribution in [2.75, 3.05) is 63.9 Å². The molecule has 1 amide bonds. The summed E-state index contributed by atoms with van der Waals surface area (Å²) in [7, 11) is 0. The number of fused-ring (bicyclic) bond motifs is 2. The van der Waals surface area contributed by atoms with Crippen LogP contribution in [0.5, 0.6) is 0 Å². The molecule has 0 atom stereocenters. The molecule has 7 rings (SSSR count). The van der Waals surface area contributed by atoms with Gasteiger partial charge >= 0.3 is 0 Å². The van der Waals surface area contributed by atoms with Gasteiger partial charge in [0, 0.05) is 79.4 Å². The molecule has 2 N–H and O–H groups in total. The maximum atomic E-state index is 12.2. The summed E-state index contributed by atoms with van der Waals surface area (Å²) in [6, 6.07) is 11.0. The first-order chi connectivity index (χ1) is 18.7. The van der Waals surface area contributed by atoms with Gasteiger partial charge in [0.05, 0.1) is 30.0 Å². The van der Waals surface area contributed by atoms with Crippen LogP contribution in [0.3, 0.4) is 0 Å². The van der Waals surface area contributed by atoms with Crippen LogP contribution in [0.15, 0.2) is 36.5 Å². The third-order valence-electron chi connectivity index (χ3n) is 7.71. The van der Waals surface area contributed by atoms with Gasteiger partial charge in [-0.2, -0.15) is 0 Å². The minimum Gasteiger partial charge on any atom is -0.378 e. The number of ether oxygens (including phenoxy) is 1. The van der Waals surface area contributed by atoms with Gasteiger partial charge in [0.1, 0.15) is 0 Å². The van der Waals surface area contributed by atoms with E-state index in [1.165, 1.54) is 4.88 Å². The van der Waals surface area contributed by atoms with E-state index < -0.39 is 0 Å². The van der Waals surface area contributed by atoms with Crippen LogP contribution >= 0.6 is 11.3 Å². The highest BCUT2D eigenvalue weighted by Crippen LogP contribution is 2.36. The van der Waals surface area contributed by atoms with Crippen molar-refractivity contribution >= 4 is 44.2 Å². The summed E-state index contributed by atoms with van der Waals surface area (Å²) < 4.78 is 6.79. The summed E-state index contributed by atoms with van der Waals surface area (Å²) in [5.74, 6) is 1.96. The number of amides is 1. The molecular formula is C28H33N7O2S. The fourth-order valence-corrected chi connectivity index (χ4v) is 6.62. The number of rotatable bonds is 7. The average molecular weight is 532 g/mol. The lowest BCUT2D eigenvalue weighted by molar-refractivity contribution is -0.122. The molecule has 10 heteroatoms. The van der Waals surface area contributed by atoms with E-state index >= 15 is 0 Å². The van der Waals surface area contributed by atoms with Crippen LogP contribution in [-0.2, 0) is 16.1 Å². The number of carbonyl (C=O) groups is 1. The molecule has 1 aliphatic carbocycles. The Morgan fingerprint density at radius 1 is 1.05 bits per heavy atom. The molecule has 3 aromatic heterocycles. The molecule has 9 nitrogen and oxygen atoms in total. The zero-order valence-electron chi connectivity index (χ0n) is 21.5. The van der Waals surface area contributed by atoms with Crippen molar-refractivity contribution in [3.63, 3.8) is 0 Å². The quantitative estimate of drug-likeness (QED) is 0.379. The van der Waals surface area contributed by atoms with Crippen molar-refractivity contribution in [1.82, 2.24) is 30.1 Å². The maximum Gasteiger partial charge on any atom is 0.234 e. The van der Waals surface area contributed by atoms with Crippen molar-refractivity contribution in [3.05, 3.63) is 41.4 Å². The fraction of sp³-hybridized carbons (Fsp3) is 0.464. The van der Waals surface area contributed by atoms with Crippen LogP contribution < -0.4 is 10.2 Å². The molecule has 0 unspecified atom stereocenters. The van der Waals surface area contributed by atoms with Gasteiger partial charge in [0.15, 0.2) is 11.6 Å². The second-order valence-electron chi connectivity index (χ2n) is 10.5. The minimum absolute atomic E-state index is 0.172. The number of thiophene rings is 1. The van der Waals surface area contributed by atoms with Crippen molar-refractivity contribution in [3.8, 4) is 11.4 Å². The van der Waals surface area contributed by atoms with Crippen LogP contribution in [-0.4, -0.2) is 95.7 Å². The number of aromatic nitrogens is 3. The highest BCUT2D eigenvalue weighted by atomic mass is 32.1. The van der Waals surface area contributed by atoms with Gasteiger partial charge in [-0.05, 0) is 31.0 Å². The molecule has 3 aliphatic rings. The topological polar surface area (TPSA) is 89.6 Å². The number of H-pyrrole nitrogens is 1. The number of nitrogens with one attached hydrogen (secondary N) is 2. The Bertz CT molecular complexity index is 1450. The Labute approximate surface area is 225 Å². The molecule has 2 aliphatic heterocycles. The standard InChI is InChI=1S/C28H33N7O2S/c36-25(30-19-4-5-19)18-34-10-8-33(9-11-34)17-20-16-24-26(38-20)28(35-12-14-37-15-13-35)32-27(31-24)22-2-1-3-23-21(22)6-7-29-23/h1-3,6-7,16,19,29H,4-5,8-15,17-18H2,(H,30,36). The Kier molecular flexibility index (Phi) is 6.48. The smallest absolute Gasteiger partial charge is 0.234 e. The Hall–Kier alpha value is -3.05. The summed E-state index contributed by atoms with van der Waals surface area (Å²) in [5, 5.41) is 4.24. The third-order valence-corrected chi connectivity index (χ3v) is 8.81. The molecule has 3 fully saturated rings. The number of carbonyl (C=O) groups excluding carboxylic acids is 1. The van der Waals surface area contributed by atoms with Crippen molar-refractivity contribution in [1.29, 1.82) is 0 Å². The van der Waals surface area contributed by atoms with Crippen LogP contribution in [0.1, 0.15) is 17.7 Å². The van der Waals surface area contributed by atoms with Gasteiger partial charge < -0.3 is 19.9 Å². The number of hydrogen-bond donors (Lipinski definition) is 2. The summed E-state index contributed by atoms with van der Waals surface area (Å²) in [4.78, 5) is 34.1. The Morgan fingerprint density at radius 3 is 2.68 bits per heavy atom. The molecule has 1 saturated carbocycles. The fourth-order valence-electron chi connectivity index (χ4n) is 5.46. The monoisotopic (exact) mass is 531 g/mol. The molecular weight excluding hydrogens is 498 g/mol. The molecule has 2 saturated heterocycles. The lowest BCUT2D eigenvalue weighted by Crippen LogP contribution is -2.49. The highest BCUT2D eigenvalue weighted by Gasteiger charge is 2.26. The molecule has 198 valence electrons. The number of aromatic amines is 1. The van der Waals surface area contributed by atoms with E-state index in [2.05, 4.69) is 55.3 Å².